The average Bonchev–Trinajstić information content (AvgIpc) is 3.26. The number of carbonyl (C=O) groups excluding carboxylic acids is 1. The highest BCUT2D eigenvalue weighted by molar-refractivity contribution is 7.93. The fraction of sp³-hybridized carbons (Fsp3) is 0.219. The van der Waals surface area contributed by atoms with Gasteiger partial charge in [-0.15, -0.1) is 0 Å². The van der Waals surface area contributed by atoms with E-state index in [0.29, 0.717) is 10.9 Å². The van der Waals surface area contributed by atoms with Crippen molar-refractivity contribution in [3.8, 4) is 0 Å². The number of para-hydroxylation sites is 1. The summed E-state index contributed by atoms with van der Waals surface area (Å²) in [6, 6.07) is 24.7. The predicted molar refractivity (Wildman–Crippen MR) is 175 cm³/mol. The summed E-state index contributed by atoms with van der Waals surface area (Å²) in [5.41, 5.74) is 0.854. The van der Waals surface area contributed by atoms with Crippen LogP contribution in [0.15, 0.2) is 101 Å². The summed E-state index contributed by atoms with van der Waals surface area (Å²) >= 11 is 12.3. The Bertz CT molecular complexity index is 2070. The van der Waals surface area contributed by atoms with Gasteiger partial charge in [-0.25, -0.2) is 16.8 Å². The van der Waals surface area contributed by atoms with Crippen molar-refractivity contribution in [1.82, 2.24) is 4.57 Å². The van der Waals surface area contributed by atoms with Gasteiger partial charge >= 0.3 is 5.97 Å². The lowest BCUT2D eigenvalue weighted by Crippen LogP contribution is -2.39. The minimum Gasteiger partial charge on any atom is -0.459 e. The summed E-state index contributed by atoms with van der Waals surface area (Å²) in [6.07, 6.45) is 0. The van der Waals surface area contributed by atoms with Gasteiger partial charge in [-0.1, -0.05) is 59.6 Å². The van der Waals surface area contributed by atoms with Crippen molar-refractivity contribution in [3.63, 3.8) is 0 Å². The third-order valence-corrected chi connectivity index (χ3v) is 10.7. The molecule has 0 fully saturated rings. The molecule has 0 aliphatic carbocycles. The molecule has 0 amide bonds. The van der Waals surface area contributed by atoms with Crippen molar-refractivity contribution in [2.75, 3.05) is 16.6 Å². The number of sulfone groups is 1. The molecule has 0 saturated heterocycles. The quantitative estimate of drug-likeness (QED) is 0.155. The third-order valence-electron chi connectivity index (χ3n) is 6.85. The van der Waals surface area contributed by atoms with Gasteiger partial charge in [0.1, 0.15) is 12.1 Å². The Balaban J connectivity index is 1.62. The molecule has 44 heavy (non-hydrogen) atoms. The standard InChI is InChI=1S/C32H30Cl2N2O6S2/c1-32(2,3)42-31(37)21-36(44(40,41)26-18-22(33)17-23(34)19-26)24-13-14-30-28(20-24)27-11-7-8-12-29(27)35(30)15-16-43(38,39)25-9-5-4-6-10-25/h4-14,17-20H,15-16,21H2,1-3H3. The number of halogens is 2. The van der Waals surface area contributed by atoms with E-state index in [0.717, 1.165) is 15.2 Å². The van der Waals surface area contributed by atoms with Crippen LogP contribution in [0.3, 0.4) is 0 Å². The SMILES string of the molecule is CC(C)(C)OC(=O)CN(c1ccc2c(c1)c1ccccc1n2CCS(=O)(=O)c1ccccc1)S(=O)(=O)c1cc(Cl)cc(Cl)c1. The van der Waals surface area contributed by atoms with E-state index >= 15 is 0 Å². The van der Waals surface area contributed by atoms with Crippen molar-refractivity contribution in [2.45, 2.75) is 42.7 Å². The first-order valence-electron chi connectivity index (χ1n) is 13.7. The number of rotatable bonds is 9. The molecule has 4 aromatic carbocycles. The van der Waals surface area contributed by atoms with Gasteiger partial charge in [0.05, 0.1) is 21.2 Å². The number of aryl methyl sites for hydroxylation is 1. The lowest BCUT2D eigenvalue weighted by Gasteiger charge is -2.26. The Hall–Kier alpha value is -3.57. The second-order valence-electron chi connectivity index (χ2n) is 11.2. The summed E-state index contributed by atoms with van der Waals surface area (Å²) < 4.78 is 62.6. The van der Waals surface area contributed by atoms with Crippen molar-refractivity contribution in [3.05, 3.63) is 101 Å². The molecule has 1 heterocycles. The van der Waals surface area contributed by atoms with Gasteiger partial charge in [0, 0.05) is 38.4 Å². The zero-order valence-electron chi connectivity index (χ0n) is 24.2. The summed E-state index contributed by atoms with van der Waals surface area (Å²) in [4.78, 5) is 13.0. The van der Waals surface area contributed by atoms with Gasteiger partial charge in [-0.05, 0) is 75.4 Å². The summed E-state index contributed by atoms with van der Waals surface area (Å²) in [6.45, 7) is 4.64. The molecular formula is C32H30Cl2N2O6S2. The largest absolute Gasteiger partial charge is 0.459 e. The van der Waals surface area contributed by atoms with Crippen LogP contribution in [0, 0.1) is 0 Å². The molecule has 5 aromatic rings. The third kappa shape index (κ3) is 6.73. The minimum absolute atomic E-state index is 0.122. The van der Waals surface area contributed by atoms with Crippen LogP contribution in [0.2, 0.25) is 10.0 Å². The molecule has 0 N–H and O–H groups in total. The highest BCUT2D eigenvalue weighted by Gasteiger charge is 2.31. The molecule has 1 aromatic heterocycles. The van der Waals surface area contributed by atoms with Crippen molar-refractivity contribution in [1.29, 1.82) is 0 Å². The van der Waals surface area contributed by atoms with Gasteiger partial charge in [-0.3, -0.25) is 9.10 Å². The molecule has 0 saturated carbocycles. The van der Waals surface area contributed by atoms with E-state index in [4.69, 9.17) is 27.9 Å². The van der Waals surface area contributed by atoms with Gasteiger partial charge in [0.2, 0.25) is 0 Å². The Kier molecular flexibility index (Phi) is 8.74. The van der Waals surface area contributed by atoms with Gasteiger partial charge in [0.15, 0.2) is 9.84 Å². The topological polar surface area (TPSA) is 103 Å². The number of ether oxygens (including phenoxy) is 1. The molecule has 5 rings (SSSR count). The first kappa shape index (κ1) is 31.8. The van der Waals surface area contributed by atoms with Crippen LogP contribution in [0.4, 0.5) is 5.69 Å². The zero-order valence-corrected chi connectivity index (χ0v) is 27.3. The molecule has 0 bridgehead atoms. The number of hydrogen-bond acceptors (Lipinski definition) is 6. The predicted octanol–water partition coefficient (Wildman–Crippen LogP) is 7.11. The van der Waals surface area contributed by atoms with Gasteiger partial charge in [-0.2, -0.15) is 0 Å². The van der Waals surface area contributed by atoms with Crippen molar-refractivity contribution >= 4 is 76.5 Å². The first-order valence-corrected chi connectivity index (χ1v) is 17.5. The Morgan fingerprint density at radius 3 is 2.05 bits per heavy atom. The number of aromatic nitrogens is 1. The van der Waals surface area contributed by atoms with Crippen LogP contribution < -0.4 is 4.31 Å². The number of esters is 1. The fourth-order valence-corrected chi connectivity index (χ4v) is 8.36. The molecule has 0 spiro atoms. The zero-order chi connectivity index (χ0) is 31.9. The summed E-state index contributed by atoms with van der Waals surface area (Å²) in [5.74, 6) is -0.885. The molecule has 0 radical (unpaired) electrons. The number of anilines is 1. The normalized spacial score (nSPS) is 12.5. The molecular weight excluding hydrogens is 643 g/mol. The smallest absolute Gasteiger partial charge is 0.327 e. The second-order valence-corrected chi connectivity index (χ2v) is 16.0. The summed E-state index contributed by atoms with van der Waals surface area (Å²) in [5, 5.41) is 1.72. The first-order chi connectivity index (χ1) is 20.7. The van der Waals surface area contributed by atoms with E-state index in [1.165, 1.54) is 18.2 Å². The highest BCUT2D eigenvalue weighted by Crippen LogP contribution is 2.35. The molecule has 8 nitrogen and oxygen atoms in total. The van der Waals surface area contributed by atoms with E-state index in [1.54, 1.807) is 69.3 Å². The van der Waals surface area contributed by atoms with Crippen LogP contribution in [0.25, 0.3) is 21.8 Å². The fourth-order valence-electron chi connectivity index (χ4n) is 5.01. The highest BCUT2D eigenvalue weighted by atomic mass is 35.5. The van der Waals surface area contributed by atoms with Crippen LogP contribution in [0.5, 0.6) is 0 Å². The Morgan fingerprint density at radius 2 is 1.39 bits per heavy atom. The van der Waals surface area contributed by atoms with E-state index in [1.807, 2.05) is 28.8 Å². The monoisotopic (exact) mass is 672 g/mol. The lowest BCUT2D eigenvalue weighted by atomic mass is 10.1. The van der Waals surface area contributed by atoms with Gasteiger partial charge in [0.25, 0.3) is 10.0 Å². The minimum atomic E-state index is -4.35. The number of fused-ring (bicyclic) bond motifs is 3. The van der Waals surface area contributed by atoms with E-state index < -0.39 is 38.0 Å². The number of benzene rings is 4. The van der Waals surface area contributed by atoms with Crippen LogP contribution >= 0.6 is 23.2 Å². The van der Waals surface area contributed by atoms with Crippen molar-refractivity contribution < 1.29 is 26.4 Å². The number of carbonyl (C=O) groups is 1. The van der Waals surface area contributed by atoms with Crippen LogP contribution in [0.1, 0.15) is 20.8 Å². The molecule has 12 heteroatoms. The lowest BCUT2D eigenvalue weighted by molar-refractivity contribution is -0.152. The Labute approximate surface area is 266 Å². The maximum atomic E-state index is 14.0. The maximum Gasteiger partial charge on any atom is 0.327 e. The molecule has 0 aliphatic heterocycles. The number of nitrogens with zero attached hydrogens (tertiary/aromatic N) is 2. The van der Waals surface area contributed by atoms with E-state index in [-0.39, 0.29) is 37.8 Å². The van der Waals surface area contributed by atoms with E-state index in [2.05, 4.69) is 0 Å². The molecule has 230 valence electrons. The molecule has 0 atom stereocenters. The van der Waals surface area contributed by atoms with E-state index in [9.17, 15) is 21.6 Å². The maximum absolute atomic E-state index is 14.0. The molecule has 0 unspecified atom stereocenters. The van der Waals surface area contributed by atoms with Crippen LogP contribution in [-0.2, 0) is 35.9 Å². The summed E-state index contributed by atoms with van der Waals surface area (Å²) in [7, 11) is -7.91. The Morgan fingerprint density at radius 1 is 0.773 bits per heavy atom. The number of sulfonamides is 1. The van der Waals surface area contributed by atoms with Gasteiger partial charge < -0.3 is 9.30 Å². The van der Waals surface area contributed by atoms with Crippen LogP contribution in [-0.4, -0.2) is 45.3 Å². The molecule has 0 aliphatic rings. The second kappa shape index (κ2) is 12.1. The number of hydrogen-bond donors (Lipinski definition) is 0. The van der Waals surface area contributed by atoms with Crippen molar-refractivity contribution in [2.24, 2.45) is 0 Å². The average molecular weight is 674 g/mol.